The SMILES string of the molecule is COc1ccc2nccc(Oc3ccc(NC(=O)c4ccc(C)n(-c5ccc(F)cn5)c4=O)cc3F)c2c1. The van der Waals surface area contributed by atoms with E-state index in [4.69, 9.17) is 9.47 Å². The number of benzene rings is 2. The Balaban J connectivity index is 1.39. The van der Waals surface area contributed by atoms with Crippen molar-refractivity contribution in [3.63, 3.8) is 0 Å². The van der Waals surface area contributed by atoms with Crippen LogP contribution in [0.1, 0.15) is 16.1 Å². The number of halogens is 2. The van der Waals surface area contributed by atoms with Crippen LogP contribution in [0.4, 0.5) is 14.5 Å². The van der Waals surface area contributed by atoms with Gasteiger partial charge in [0, 0.05) is 29.0 Å². The summed E-state index contributed by atoms with van der Waals surface area (Å²) in [5.74, 6) is -0.965. The van der Waals surface area contributed by atoms with E-state index in [1.165, 1.54) is 42.0 Å². The Morgan fingerprint density at radius 1 is 0.947 bits per heavy atom. The van der Waals surface area contributed by atoms with Crippen LogP contribution in [0.5, 0.6) is 17.2 Å². The number of nitrogens with zero attached hydrogens (tertiary/aromatic N) is 3. The second-order valence-electron chi connectivity index (χ2n) is 8.26. The molecule has 0 aliphatic carbocycles. The number of fused-ring (bicyclic) bond motifs is 1. The average Bonchev–Trinajstić information content (AvgIpc) is 2.91. The van der Waals surface area contributed by atoms with E-state index in [9.17, 15) is 18.4 Å². The first-order valence-corrected chi connectivity index (χ1v) is 11.4. The molecule has 10 heteroatoms. The van der Waals surface area contributed by atoms with Crippen LogP contribution >= 0.6 is 0 Å². The van der Waals surface area contributed by atoms with Gasteiger partial charge in [-0.05, 0) is 67.6 Å². The van der Waals surface area contributed by atoms with Gasteiger partial charge in [-0.2, -0.15) is 0 Å². The van der Waals surface area contributed by atoms with Crippen molar-refractivity contribution >= 4 is 22.5 Å². The molecule has 190 valence electrons. The van der Waals surface area contributed by atoms with Crippen molar-refractivity contribution in [3.8, 4) is 23.1 Å². The number of methoxy groups -OCH3 is 1. The zero-order valence-electron chi connectivity index (χ0n) is 20.2. The van der Waals surface area contributed by atoms with E-state index in [1.807, 2.05) is 0 Å². The fourth-order valence-electron chi connectivity index (χ4n) is 3.88. The number of carbonyl (C=O) groups excluding carboxylic acids is 1. The molecule has 3 heterocycles. The summed E-state index contributed by atoms with van der Waals surface area (Å²) in [4.78, 5) is 34.1. The van der Waals surface area contributed by atoms with Crippen LogP contribution in [0.2, 0.25) is 0 Å². The fraction of sp³-hybridized carbons (Fsp3) is 0.0714. The molecule has 8 nitrogen and oxygen atoms in total. The zero-order valence-corrected chi connectivity index (χ0v) is 20.2. The largest absolute Gasteiger partial charge is 0.497 e. The van der Waals surface area contributed by atoms with E-state index < -0.39 is 23.1 Å². The minimum absolute atomic E-state index is 0.0709. The number of hydrogen-bond donors (Lipinski definition) is 1. The number of anilines is 1. The number of pyridine rings is 3. The predicted molar refractivity (Wildman–Crippen MR) is 137 cm³/mol. The molecule has 0 unspecified atom stereocenters. The maximum atomic E-state index is 15.0. The predicted octanol–water partition coefficient (Wildman–Crippen LogP) is 5.42. The Morgan fingerprint density at radius 3 is 2.53 bits per heavy atom. The molecule has 0 aliphatic rings. The fourth-order valence-corrected chi connectivity index (χ4v) is 3.88. The quantitative estimate of drug-likeness (QED) is 0.325. The number of carbonyl (C=O) groups is 1. The highest BCUT2D eigenvalue weighted by atomic mass is 19.1. The first-order chi connectivity index (χ1) is 18.3. The lowest BCUT2D eigenvalue weighted by Gasteiger charge is -2.13. The first kappa shape index (κ1) is 24.6. The molecule has 2 aromatic carbocycles. The maximum absolute atomic E-state index is 15.0. The zero-order chi connectivity index (χ0) is 26.8. The van der Waals surface area contributed by atoms with Crippen LogP contribution in [-0.4, -0.2) is 27.6 Å². The highest BCUT2D eigenvalue weighted by Crippen LogP contribution is 2.33. The Labute approximate surface area is 215 Å². The maximum Gasteiger partial charge on any atom is 0.269 e. The van der Waals surface area contributed by atoms with Gasteiger partial charge >= 0.3 is 0 Å². The lowest BCUT2D eigenvalue weighted by Crippen LogP contribution is -2.29. The van der Waals surface area contributed by atoms with Crippen molar-refractivity contribution < 1.29 is 23.0 Å². The number of aryl methyl sites for hydroxylation is 1. The van der Waals surface area contributed by atoms with Crippen LogP contribution < -0.4 is 20.3 Å². The molecule has 0 aliphatic heterocycles. The lowest BCUT2D eigenvalue weighted by molar-refractivity contribution is 0.102. The van der Waals surface area contributed by atoms with E-state index >= 15 is 0 Å². The molecule has 0 bridgehead atoms. The van der Waals surface area contributed by atoms with Crippen molar-refractivity contribution in [2.24, 2.45) is 0 Å². The highest BCUT2D eigenvalue weighted by molar-refractivity contribution is 6.04. The average molecular weight is 514 g/mol. The summed E-state index contributed by atoms with van der Waals surface area (Å²) in [6.45, 7) is 1.66. The van der Waals surface area contributed by atoms with Gasteiger partial charge in [-0.3, -0.25) is 19.1 Å². The van der Waals surface area contributed by atoms with Gasteiger partial charge in [0.1, 0.15) is 28.7 Å². The van der Waals surface area contributed by atoms with E-state index in [1.54, 1.807) is 43.5 Å². The Morgan fingerprint density at radius 2 is 1.79 bits per heavy atom. The van der Waals surface area contributed by atoms with Crippen LogP contribution in [0.15, 0.2) is 83.9 Å². The van der Waals surface area contributed by atoms with Crippen LogP contribution in [0.25, 0.3) is 16.7 Å². The smallest absolute Gasteiger partial charge is 0.269 e. The van der Waals surface area contributed by atoms with Gasteiger partial charge in [-0.15, -0.1) is 0 Å². The first-order valence-electron chi connectivity index (χ1n) is 11.4. The van der Waals surface area contributed by atoms with Gasteiger partial charge < -0.3 is 14.8 Å². The van der Waals surface area contributed by atoms with Gasteiger partial charge in [0.2, 0.25) is 0 Å². The number of rotatable bonds is 6. The Kier molecular flexibility index (Phi) is 6.53. The second kappa shape index (κ2) is 10.1. The molecule has 1 amide bonds. The van der Waals surface area contributed by atoms with Gasteiger partial charge in [-0.25, -0.2) is 13.8 Å². The molecule has 38 heavy (non-hydrogen) atoms. The summed E-state index contributed by atoms with van der Waals surface area (Å²) in [7, 11) is 1.54. The topological polar surface area (TPSA) is 95.3 Å². The molecule has 0 fully saturated rings. The molecule has 0 saturated heterocycles. The second-order valence-corrected chi connectivity index (χ2v) is 8.26. The number of hydrogen-bond acceptors (Lipinski definition) is 6. The van der Waals surface area contributed by atoms with E-state index in [0.29, 0.717) is 28.1 Å². The Hall–Kier alpha value is -5.12. The normalized spacial score (nSPS) is 10.8. The van der Waals surface area contributed by atoms with Crippen LogP contribution in [-0.2, 0) is 0 Å². The third kappa shape index (κ3) is 4.79. The minimum atomic E-state index is -0.744. The van der Waals surface area contributed by atoms with Gasteiger partial charge in [-0.1, -0.05) is 0 Å². The van der Waals surface area contributed by atoms with Gasteiger partial charge in [0.15, 0.2) is 11.6 Å². The van der Waals surface area contributed by atoms with Crippen LogP contribution in [0.3, 0.4) is 0 Å². The molecule has 5 aromatic rings. The van der Waals surface area contributed by atoms with Gasteiger partial charge in [0.25, 0.3) is 11.5 Å². The summed E-state index contributed by atoms with van der Waals surface area (Å²) in [5.41, 5.74) is 0.417. The van der Waals surface area contributed by atoms with Gasteiger partial charge in [0.05, 0.1) is 18.8 Å². The number of nitrogens with one attached hydrogen (secondary N) is 1. The lowest BCUT2D eigenvalue weighted by atomic mass is 10.2. The molecule has 0 saturated carbocycles. The molecule has 5 rings (SSSR count). The van der Waals surface area contributed by atoms with Crippen molar-refractivity contribution in [2.75, 3.05) is 12.4 Å². The van der Waals surface area contributed by atoms with Crippen molar-refractivity contribution in [2.45, 2.75) is 6.92 Å². The number of amides is 1. The molecule has 1 N–H and O–H groups in total. The third-order valence-electron chi connectivity index (χ3n) is 5.78. The third-order valence-corrected chi connectivity index (χ3v) is 5.78. The molecule has 0 atom stereocenters. The summed E-state index contributed by atoms with van der Waals surface area (Å²) in [5, 5.41) is 3.16. The standard InChI is InChI=1S/C28H20F2N4O4/c1-16-3-7-20(28(36)34(16)26-10-4-17(29)15-32-26)27(35)33-18-5-9-25(22(30)13-18)38-24-11-12-31-23-8-6-19(37-2)14-21(23)24/h3-15H,1-2H3,(H,33,35). The van der Waals surface area contributed by atoms with E-state index in [0.717, 1.165) is 12.3 Å². The molecule has 0 spiro atoms. The summed E-state index contributed by atoms with van der Waals surface area (Å²) in [6.07, 6.45) is 2.53. The molecule has 3 aromatic heterocycles. The minimum Gasteiger partial charge on any atom is -0.497 e. The van der Waals surface area contributed by atoms with E-state index in [2.05, 4.69) is 15.3 Å². The summed E-state index contributed by atoms with van der Waals surface area (Å²) < 4.78 is 40.5. The number of aromatic nitrogens is 3. The molecular formula is C28H20F2N4O4. The van der Waals surface area contributed by atoms with Crippen LogP contribution in [0, 0.1) is 18.6 Å². The van der Waals surface area contributed by atoms with Crippen molar-refractivity contribution in [1.29, 1.82) is 0 Å². The van der Waals surface area contributed by atoms with Crippen molar-refractivity contribution in [1.82, 2.24) is 14.5 Å². The highest BCUT2D eigenvalue weighted by Gasteiger charge is 2.17. The number of ether oxygens (including phenoxy) is 2. The van der Waals surface area contributed by atoms with E-state index in [-0.39, 0.29) is 22.8 Å². The Bertz CT molecular complexity index is 1740. The van der Waals surface area contributed by atoms with Crippen molar-refractivity contribution in [3.05, 3.63) is 112 Å². The molecule has 0 radical (unpaired) electrons. The molecular weight excluding hydrogens is 494 g/mol. The summed E-state index contributed by atoms with van der Waals surface area (Å²) >= 11 is 0. The summed E-state index contributed by atoms with van der Waals surface area (Å²) in [6, 6.07) is 16.2. The monoisotopic (exact) mass is 514 g/mol.